The molecule has 9 heteroatoms. The Bertz CT molecular complexity index is 1300. The lowest BCUT2D eigenvalue weighted by Crippen LogP contribution is -2.30. The zero-order valence-corrected chi connectivity index (χ0v) is 19.1. The highest BCUT2D eigenvalue weighted by Gasteiger charge is 2.24. The topological polar surface area (TPSA) is 114 Å². The van der Waals surface area contributed by atoms with Gasteiger partial charge in [0.15, 0.2) is 6.10 Å². The summed E-state index contributed by atoms with van der Waals surface area (Å²) in [4.78, 5) is 42.8. The average Bonchev–Trinajstić information content (AvgIpc) is 2.97. The van der Waals surface area contributed by atoms with Gasteiger partial charge in [0, 0.05) is 11.4 Å². The van der Waals surface area contributed by atoms with Gasteiger partial charge in [0.1, 0.15) is 11.1 Å². The number of carbonyl (C=O) groups is 2. The number of fused-ring (bicyclic) bond motifs is 2. The summed E-state index contributed by atoms with van der Waals surface area (Å²) < 4.78 is 6.62. The Morgan fingerprint density at radius 2 is 2.06 bits per heavy atom. The van der Waals surface area contributed by atoms with Gasteiger partial charge in [0.2, 0.25) is 0 Å². The van der Waals surface area contributed by atoms with Gasteiger partial charge >= 0.3 is 5.97 Å². The van der Waals surface area contributed by atoms with E-state index in [1.54, 1.807) is 24.3 Å². The lowest BCUT2D eigenvalue weighted by Gasteiger charge is -2.13. The number of ether oxygens (including phenoxy) is 1. The lowest BCUT2D eigenvalue weighted by molar-refractivity contribution is -0.153. The van der Waals surface area contributed by atoms with E-state index in [1.165, 1.54) is 29.2 Å². The molecule has 1 N–H and O–H groups in total. The molecule has 0 bridgehead atoms. The van der Waals surface area contributed by atoms with Crippen molar-refractivity contribution in [2.24, 2.45) is 0 Å². The first-order chi connectivity index (χ1) is 16.0. The van der Waals surface area contributed by atoms with E-state index in [-0.39, 0.29) is 18.5 Å². The second kappa shape index (κ2) is 9.96. The minimum absolute atomic E-state index is 0.0751. The first-order valence-electron chi connectivity index (χ1n) is 11.0. The largest absolute Gasteiger partial charge is 0.452 e. The first-order valence-corrected chi connectivity index (χ1v) is 11.8. The van der Waals surface area contributed by atoms with E-state index in [0.29, 0.717) is 21.5 Å². The van der Waals surface area contributed by atoms with E-state index in [4.69, 9.17) is 4.74 Å². The summed E-state index contributed by atoms with van der Waals surface area (Å²) in [6.45, 7) is 1.58. The van der Waals surface area contributed by atoms with Crippen LogP contribution in [0.25, 0.3) is 10.9 Å². The normalized spacial score (nSPS) is 14.1. The van der Waals surface area contributed by atoms with Crippen molar-refractivity contribution in [3.05, 3.63) is 57.0 Å². The number of amides is 1. The molecule has 0 aliphatic heterocycles. The van der Waals surface area contributed by atoms with Gasteiger partial charge in [-0.1, -0.05) is 18.6 Å². The molecule has 0 radical (unpaired) electrons. The number of hydrogen-bond acceptors (Lipinski definition) is 7. The maximum Gasteiger partial charge on any atom is 0.308 e. The molecular formula is C24H24N4O4S. The molecule has 2 aromatic heterocycles. The average molecular weight is 465 g/mol. The van der Waals surface area contributed by atoms with E-state index in [2.05, 4.69) is 16.4 Å². The van der Waals surface area contributed by atoms with Gasteiger partial charge in [-0.05, 0) is 50.3 Å². The third-order valence-electron chi connectivity index (χ3n) is 5.74. The lowest BCUT2D eigenvalue weighted by atomic mass is 10.1. The number of anilines is 1. The number of aromatic nitrogens is 2. The van der Waals surface area contributed by atoms with Gasteiger partial charge in [0.05, 0.1) is 29.2 Å². The summed E-state index contributed by atoms with van der Waals surface area (Å²) in [7, 11) is 0. The molecule has 1 aliphatic rings. The highest BCUT2D eigenvalue weighted by Crippen LogP contribution is 2.37. The van der Waals surface area contributed by atoms with Crippen molar-refractivity contribution in [1.82, 2.24) is 9.55 Å². The van der Waals surface area contributed by atoms with Crippen molar-refractivity contribution < 1.29 is 14.3 Å². The van der Waals surface area contributed by atoms with Crippen molar-refractivity contribution in [2.75, 3.05) is 5.32 Å². The third kappa shape index (κ3) is 4.96. The minimum atomic E-state index is -1.03. The van der Waals surface area contributed by atoms with Crippen LogP contribution in [0.15, 0.2) is 35.4 Å². The Morgan fingerprint density at radius 3 is 2.88 bits per heavy atom. The van der Waals surface area contributed by atoms with Gasteiger partial charge in [-0.25, -0.2) is 4.98 Å². The summed E-state index contributed by atoms with van der Waals surface area (Å²) in [6, 6.07) is 9.22. The Labute approximate surface area is 194 Å². The Hall–Kier alpha value is -3.51. The molecule has 0 saturated carbocycles. The van der Waals surface area contributed by atoms with Crippen LogP contribution in [-0.4, -0.2) is 27.5 Å². The van der Waals surface area contributed by atoms with Crippen LogP contribution in [-0.2, 0) is 33.7 Å². The van der Waals surface area contributed by atoms with Crippen LogP contribution in [0.4, 0.5) is 5.00 Å². The number of aryl methyl sites for hydroxylation is 2. The summed E-state index contributed by atoms with van der Waals surface area (Å²) in [5.74, 6) is -1.08. The SMILES string of the molecule is CC(OC(=O)CCn1cnc2ccccc2c1=O)C(=O)Nc1sc2c(c1C#N)CCCCC2. The first kappa shape index (κ1) is 22.7. The zero-order valence-electron chi connectivity index (χ0n) is 18.3. The van der Waals surface area contributed by atoms with Crippen LogP contribution in [0, 0.1) is 11.3 Å². The van der Waals surface area contributed by atoms with Gasteiger partial charge in [0.25, 0.3) is 11.5 Å². The van der Waals surface area contributed by atoms with E-state index in [9.17, 15) is 19.6 Å². The molecule has 1 unspecified atom stereocenters. The second-order valence-electron chi connectivity index (χ2n) is 8.01. The van der Waals surface area contributed by atoms with Crippen molar-refractivity contribution in [3.8, 4) is 6.07 Å². The summed E-state index contributed by atoms with van der Waals surface area (Å²) in [6.07, 6.45) is 5.31. The van der Waals surface area contributed by atoms with Crippen LogP contribution in [0.1, 0.15) is 48.6 Å². The van der Waals surface area contributed by atoms with Crippen LogP contribution in [0.2, 0.25) is 0 Å². The third-order valence-corrected chi connectivity index (χ3v) is 6.94. The number of nitrogens with one attached hydrogen (secondary N) is 1. The number of esters is 1. The predicted octanol–water partition coefficient (Wildman–Crippen LogP) is 3.56. The van der Waals surface area contributed by atoms with Crippen molar-refractivity contribution in [3.63, 3.8) is 0 Å². The zero-order chi connectivity index (χ0) is 23.4. The second-order valence-corrected chi connectivity index (χ2v) is 9.12. The van der Waals surface area contributed by atoms with E-state index in [1.807, 2.05) is 0 Å². The molecule has 2 heterocycles. The molecule has 170 valence electrons. The maximum absolute atomic E-state index is 12.6. The summed E-state index contributed by atoms with van der Waals surface area (Å²) in [5, 5.41) is 13.4. The number of nitriles is 1. The standard InChI is InChI=1S/C24H24N4O4S/c1-15(22(30)27-23-18(13-25)16-7-3-2-4-10-20(16)33-23)32-21(29)11-12-28-14-26-19-9-6-5-8-17(19)24(28)31/h5-6,8-9,14-15H,2-4,7,10-12H2,1H3,(H,27,30). The van der Waals surface area contributed by atoms with E-state index < -0.39 is 18.0 Å². The fourth-order valence-electron chi connectivity index (χ4n) is 3.95. The molecular weight excluding hydrogens is 440 g/mol. The van der Waals surface area contributed by atoms with Crippen LogP contribution in [0.3, 0.4) is 0 Å². The molecule has 1 aliphatic carbocycles. The Morgan fingerprint density at radius 1 is 1.27 bits per heavy atom. The highest BCUT2D eigenvalue weighted by molar-refractivity contribution is 7.16. The predicted molar refractivity (Wildman–Crippen MR) is 125 cm³/mol. The molecule has 1 atom stereocenters. The minimum Gasteiger partial charge on any atom is -0.452 e. The Kier molecular flexibility index (Phi) is 6.84. The molecule has 1 amide bonds. The van der Waals surface area contributed by atoms with Crippen LogP contribution < -0.4 is 10.9 Å². The fourth-order valence-corrected chi connectivity index (χ4v) is 5.19. The quantitative estimate of drug-likeness (QED) is 0.441. The molecule has 1 aromatic carbocycles. The molecule has 33 heavy (non-hydrogen) atoms. The van der Waals surface area contributed by atoms with Crippen molar-refractivity contribution in [2.45, 2.75) is 58.1 Å². The molecule has 4 rings (SSSR count). The van der Waals surface area contributed by atoms with Crippen LogP contribution >= 0.6 is 11.3 Å². The maximum atomic E-state index is 12.6. The molecule has 0 spiro atoms. The number of nitrogens with zero attached hydrogens (tertiary/aromatic N) is 3. The van der Waals surface area contributed by atoms with Gasteiger partial charge in [-0.3, -0.25) is 19.0 Å². The molecule has 8 nitrogen and oxygen atoms in total. The number of benzene rings is 1. The van der Waals surface area contributed by atoms with Gasteiger partial charge in [-0.15, -0.1) is 11.3 Å². The molecule has 3 aromatic rings. The Balaban J connectivity index is 1.36. The number of carbonyl (C=O) groups excluding carboxylic acids is 2. The van der Waals surface area contributed by atoms with Crippen LogP contribution in [0.5, 0.6) is 0 Å². The van der Waals surface area contributed by atoms with Crippen molar-refractivity contribution >= 4 is 39.1 Å². The molecule has 0 fully saturated rings. The highest BCUT2D eigenvalue weighted by atomic mass is 32.1. The van der Waals surface area contributed by atoms with E-state index in [0.717, 1.165) is 42.5 Å². The van der Waals surface area contributed by atoms with Crippen molar-refractivity contribution in [1.29, 1.82) is 5.26 Å². The fraction of sp³-hybridized carbons (Fsp3) is 0.375. The summed E-state index contributed by atoms with van der Waals surface area (Å²) >= 11 is 1.43. The number of hydrogen-bond donors (Lipinski definition) is 1. The van der Waals surface area contributed by atoms with Gasteiger partial charge < -0.3 is 10.1 Å². The van der Waals surface area contributed by atoms with E-state index >= 15 is 0 Å². The monoisotopic (exact) mass is 464 g/mol. The number of rotatable bonds is 6. The number of para-hydroxylation sites is 1. The smallest absolute Gasteiger partial charge is 0.308 e. The number of thiophene rings is 1. The van der Waals surface area contributed by atoms with Gasteiger partial charge in [-0.2, -0.15) is 5.26 Å². The molecule has 0 saturated heterocycles. The summed E-state index contributed by atoms with van der Waals surface area (Å²) in [5.41, 5.74) is 1.91.